The topological polar surface area (TPSA) is 50.4 Å². The van der Waals surface area contributed by atoms with Crippen LogP contribution in [0.2, 0.25) is 5.02 Å². The Bertz CT molecular complexity index is 893. The number of aryl methyl sites for hydroxylation is 1. The Morgan fingerprint density at radius 3 is 3.17 bits per heavy atom. The number of aromatic amines is 1. The van der Waals surface area contributed by atoms with Crippen LogP contribution in [-0.4, -0.2) is 54.3 Å². The second kappa shape index (κ2) is 6.24. The lowest BCUT2D eigenvalue weighted by Crippen LogP contribution is -2.42. The van der Waals surface area contributed by atoms with E-state index in [1.165, 1.54) is 0 Å². The summed E-state index contributed by atoms with van der Waals surface area (Å²) in [5, 5.41) is 2.68. The van der Waals surface area contributed by atoms with E-state index >= 15 is 0 Å². The average Bonchev–Trinajstić information content (AvgIpc) is 2.94. The van der Waals surface area contributed by atoms with Crippen molar-refractivity contribution >= 4 is 33.5 Å². The summed E-state index contributed by atoms with van der Waals surface area (Å²) in [5.74, 6) is 0.780. The van der Waals surface area contributed by atoms with E-state index in [0.717, 1.165) is 52.9 Å². The number of halogens is 1. The standard InChI is InChI=1S/C18H20ClN3O2/c1-11-7-13-16-14(19)3-4-15(17(16)21-18(13)20-8-11)24-10-12-9-22(2)5-6-23-12/h3-4,7-8,12H,5-6,9-10H2,1-2H3,(H,20,21)/t12-/m0/s1. The molecule has 24 heavy (non-hydrogen) atoms. The zero-order valence-corrected chi connectivity index (χ0v) is 14.6. The smallest absolute Gasteiger partial charge is 0.143 e. The summed E-state index contributed by atoms with van der Waals surface area (Å²) in [6.45, 7) is 5.13. The first-order valence-corrected chi connectivity index (χ1v) is 8.49. The highest BCUT2D eigenvalue weighted by molar-refractivity contribution is 6.38. The molecule has 1 aliphatic rings. The van der Waals surface area contributed by atoms with Gasteiger partial charge in [-0.25, -0.2) is 4.98 Å². The van der Waals surface area contributed by atoms with Gasteiger partial charge >= 0.3 is 0 Å². The Morgan fingerprint density at radius 2 is 2.33 bits per heavy atom. The summed E-state index contributed by atoms with van der Waals surface area (Å²) in [4.78, 5) is 10.1. The molecule has 0 saturated carbocycles. The van der Waals surface area contributed by atoms with Gasteiger partial charge in [0.15, 0.2) is 0 Å². The minimum Gasteiger partial charge on any atom is -0.489 e. The van der Waals surface area contributed by atoms with Crippen LogP contribution in [0.25, 0.3) is 21.9 Å². The number of pyridine rings is 1. The van der Waals surface area contributed by atoms with Crippen LogP contribution in [0.5, 0.6) is 5.75 Å². The summed E-state index contributed by atoms with van der Waals surface area (Å²) < 4.78 is 11.8. The zero-order valence-electron chi connectivity index (χ0n) is 13.8. The molecular formula is C18H20ClN3O2. The van der Waals surface area contributed by atoms with Crippen LogP contribution in [0.15, 0.2) is 24.4 Å². The van der Waals surface area contributed by atoms with Gasteiger partial charge in [0, 0.05) is 30.1 Å². The van der Waals surface area contributed by atoms with Crippen LogP contribution in [0.1, 0.15) is 5.56 Å². The fourth-order valence-corrected chi connectivity index (χ4v) is 3.45. The predicted octanol–water partition coefficient (Wildman–Crippen LogP) is 3.39. The number of likely N-dealkylation sites (N-methyl/N-ethyl adjacent to an activating group) is 1. The summed E-state index contributed by atoms with van der Waals surface area (Å²) >= 11 is 6.43. The molecule has 1 atom stereocenters. The van der Waals surface area contributed by atoms with E-state index in [1.54, 1.807) is 0 Å². The van der Waals surface area contributed by atoms with E-state index in [1.807, 2.05) is 25.3 Å². The highest BCUT2D eigenvalue weighted by Crippen LogP contribution is 2.36. The minimum atomic E-state index is 0.0826. The Labute approximate surface area is 145 Å². The number of nitrogens with zero attached hydrogens (tertiary/aromatic N) is 2. The third-order valence-electron chi connectivity index (χ3n) is 4.42. The molecule has 1 fully saturated rings. The summed E-state index contributed by atoms with van der Waals surface area (Å²) in [6, 6.07) is 5.87. The molecule has 0 radical (unpaired) electrons. The number of ether oxygens (including phenoxy) is 2. The van der Waals surface area contributed by atoms with E-state index in [4.69, 9.17) is 21.1 Å². The predicted molar refractivity (Wildman–Crippen MR) is 96.1 cm³/mol. The molecule has 5 nitrogen and oxygen atoms in total. The maximum atomic E-state index is 6.43. The second-order valence-electron chi connectivity index (χ2n) is 6.40. The van der Waals surface area contributed by atoms with Crippen LogP contribution >= 0.6 is 11.6 Å². The Hall–Kier alpha value is -1.82. The third-order valence-corrected chi connectivity index (χ3v) is 4.73. The van der Waals surface area contributed by atoms with Crippen molar-refractivity contribution < 1.29 is 9.47 Å². The normalized spacial score (nSPS) is 19.2. The molecule has 2 aromatic heterocycles. The van der Waals surface area contributed by atoms with E-state index in [0.29, 0.717) is 11.6 Å². The quantitative estimate of drug-likeness (QED) is 0.790. The minimum absolute atomic E-state index is 0.0826. The molecule has 3 heterocycles. The Morgan fingerprint density at radius 1 is 1.46 bits per heavy atom. The Balaban J connectivity index is 1.68. The summed E-state index contributed by atoms with van der Waals surface area (Å²) in [5.41, 5.74) is 2.81. The van der Waals surface area contributed by atoms with Gasteiger partial charge in [-0.2, -0.15) is 0 Å². The number of hydrogen-bond acceptors (Lipinski definition) is 4. The van der Waals surface area contributed by atoms with Gasteiger partial charge in [0.25, 0.3) is 0 Å². The molecule has 0 bridgehead atoms. The molecule has 126 valence electrons. The highest BCUT2D eigenvalue weighted by Gasteiger charge is 2.20. The molecule has 1 aliphatic heterocycles. The number of aromatic nitrogens is 2. The van der Waals surface area contributed by atoms with Gasteiger partial charge in [-0.15, -0.1) is 0 Å². The maximum absolute atomic E-state index is 6.43. The van der Waals surface area contributed by atoms with Crippen molar-refractivity contribution in [1.82, 2.24) is 14.9 Å². The monoisotopic (exact) mass is 345 g/mol. The Kier molecular flexibility index (Phi) is 4.08. The number of nitrogens with one attached hydrogen (secondary N) is 1. The number of H-pyrrole nitrogens is 1. The van der Waals surface area contributed by atoms with Crippen molar-refractivity contribution in [2.24, 2.45) is 0 Å². The van der Waals surface area contributed by atoms with Crippen LogP contribution < -0.4 is 4.74 Å². The lowest BCUT2D eigenvalue weighted by Gasteiger charge is -2.29. The first kappa shape index (κ1) is 15.7. The largest absolute Gasteiger partial charge is 0.489 e. The van der Waals surface area contributed by atoms with Gasteiger partial charge in [-0.3, -0.25) is 0 Å². The van der Waals surface area contributed by atoms with Gasteiger partial charge in [-0.05, 0) is 37.7 Å². The van der Waals surface area contributed by atoms with E-state index < -0.39 is 0 Å². The van der Waals surface area contributed by atoms with E-state index in [-0.39, 0.29) is 6.10 Å². The first-order chi connectivity index (χ1) is 11.6. The first-order valence-electron chi connectivity index (χ1n) is 8.11. The summed E-state index contributed by atoms with van der Waals surface area (Å²) in [6.07, 6.45) is 1.93. The summed E-state index contributed by atoms with van der Waals surface area (Å²) in [7, 11) is 2.10. The van der Waals surface area contributed by atoms with Crippen LogP contribution in [0, 0.1) is 6.92 Å². The lowest BCUT2D eigenvalue weighted by atomic mass is 10.1. The van der Waals surface area contributed by atoms with Gasteiger partial charge in [0.05, 0.1) is 17.1 Å². The molecular weight excluding hydrogens is 326 g/mol. The van der Waals surface area contributed by atoms with Crippen molar-refractivity contribution in [3.05, 3.63) is 35.0 Å². The average molecular weight is 346 g/mol. The number of fused-ring (bicyclic) bond motifs is 3. The zero-order chi connectivity index (χ0) is 16.7. The van der Waals surface area contributed by atoms with Gasteiger partial charge in [0.1, 0.15) is 24.1 Å². The number of morpholine rings is 1. The van der Waals surface area contributed by atoms with Crippen molar-refractivity contribution in [3.8, 4) is 5.75 Å². The molecule has 0 spiro atoms. The molecule has 1 aromatic carbocycles. The second-order valence-corrected chi connectivity index (χ2v) is 6.80. The van der Waals surface area contributed by atoms with Crippen molar-refractivity contribution in [2.45, 2.75) is 13.0 Å². The van der Waals surface area contributed by atoms with Crippen LogP contribution in [0.4, 0.5) is 0 Å². The molecule has 0 aliphatic carbocycles. The highest BCUT2D eigenvalue weighted by atomic mass is 35.5. The third kappa shape index (κ3) is 2.83. The molecule has 1 saturated heterocycles. The number of benzene rings is 1. The number of hydrogen-bond donors (Lipinski definition) is 1. The van der Waals surface area contributed by atoms with Crippen molar-refractivity contribution in [1.29, 1.82) is 0 Å². The molecule has 6 heteroatoms. The lowest BCUT2D eigenvalue weighted by molar-refractivity contribution is -0.0401. The molecule has 0 amide bonds. The van der Waals surface area contributed by atoms with Crippen molar-refractivity contribution in [3.63, 3.8) is 0 Å². The molecule has 1 N–H and O–H groups in total. The fraction of sp³-hybridized carbons (Fsp3) is 0.389. The SMILES string of the molecule is Cc1cnc2[nH]c3c(OC[C@@H]4CN(C)CCO4)ccc(Cl)c3c2c1. The van der Waals surface area contributed by atoms with E-state index in [9.17, 15) is 0 Å². The fourth-order valence-electron chi connectivity index (χ4n) is 3.19. The van der Waals surface area contributed by atoms with Crippen LogP contribution in [-0.2, 0) is 4.74 Å². The van der Waals surface area contributed by atoms with Crippen LogP contribution in [0.3, 0.4) is 0 Å². The van der Waals surface area contributed by atoms with Gasteiger partial charge in [0.2, 0.25) is 0 Å². The maximum Gasteiger partial charge on any atom is 0.143 e. The van der Waals surface area contributed by atoms with E-state index in [2.05, 4.69) is 28.0 Å². The molecule has 3 aromatic rings. The molecule has 4 rings (SSSR count). The number of rotatable bonds is 3. The molecule has 0 unspecified atom stereocenters. The van der Waals surface area contributed by atoms with Crippen molar-refractivity contribution in [2.75, 3.05) is 33.4 Å². The van der Waals surface area contributed by atoms with Gasteiger partial charge < -0.3 is 19.4 Å². The van der Waals surface area contributed by atoms with Gasteiger partial charge in [-0.1, -0.05) is 11.6 Å².